The number of nitrogens with zero attached hydrogens (tertiary/aromatic N) is 4. The summed E-state index contributed by atoms with van der Waals surface area (Å²) in [5, 5.41) is 9.07. The largest absolute Gasteiger partial charge is 0.308 e. The lowest BCUT2D eigenvalue weighted by molar-refractivity contribution is 0.419. The van der Waals surface area contributed by atoms with Gasteiger partial charge in [-0.1, -0.05) is 0 Å². The maximum Gasteiger partial charge on any atom is 0.299 e. The summed E-state index contributed by atoms with van der Waals surface area (Å²) >= 11 is 0. The van der Waals surface area contributed by atoms with Gasteiger partial charge in [-0.3, -0.25) is 8.99 Å². The Morgan fingerprint density at radius 3 is 2.44 bits per heavy atom. The maximum atomic E-state index is 11.4. The molecule has 0 aliphatic heterocycles. The average molecular weight is 247 g/mol. The van der Waals surface area contributed by atoms with Crippen molar-refractivity contribution in [3.05, 3.63) is 12.4 Å². The Bertz CT molecular complexity index is 439. The number of nitrogens with two attached hydrogens (primary N) is 1. The molecule has 0 atom stereocenters. The molecule has 1 rings (SSSR count). The molecular weight excluding hydrogens is 230 g/mol. The minimum absolute atomic E-state index is 0.303. The Kier molecular flexibility index (Phi) is 3.89. The van der Waals surface area contributed by atoms with E-state index in [4.69, 9.17) is 5.14 Å². The molecule has 92 valence electrons. The summed E-state index contributed by atoms with van der Waals surface area (Å²) in [6.07, 6.45) is 3.08. The summed E-state index contributed by atoms with van der Waals surface area (Å²) in [5.74, 6) is 0. The van der Waals surface area contributed by atoms with Crippen molar-refractivity contribution < 1.29 is 8.42 Å². The zero-order chi connectivity index (χ0) is 12.3. The molecule has 8 heteroatoms. The van der Waals surface area contributed by atoms with E-state index in [1.54, 1.807) is 13.2 Å². The third-order valence-corrected chi connectivity index (χ3v) is 3.04. The second kappa shape index (κ2) is 4.81. The number of hydrogen-bond acceptors (Lipinski definition) is 4. The summed E-state index contributed by atoms with van der Waals surface area (Å²) in [5.41, 5.74) is 0.479. The van der Waals surface area contributed by atoms with Crippen LogP contribution < -0.4 is 9.44 Å². The molecule has 0 fully saturated rings. The molecule has 0 unspecified atom stereocenters. The van der Waals surface area contributed by atoms with E-state index in [9.17, 15) is 8.42 Å². The molecule has 1 heterocycles. The highest BCUT2D eigenvalue weighted by molar-refractivity contribution is 7.90. The van der Waals surface area contributed by atoms with Crippen molar-refractivity contribution in [3.63, 3.8) is 0 Å². The van der Waals surface area contributed by atoms with Crippen molar-refractivity contribution in [2.45, 2.75) is 0 Å². The van der Waals surface area contributed by atoms with Crippen LogP contribution in [-0.2, 0) is 17.3 Å². The van der Waals surface area contributed by atoms with Gasteiger partial charge in [0.15, 0.2) is 0 Å². The molecule has 1 aromatic rings. The van der Waals surface area contributed by atoms with Crippen molar-refractivity contribution in [3.8, 4) is 0 Å². The number of hydrogen-bond donors (Lipinski definition) is 1. The number of rotatable bonds is 5. The summed E-state index contributed by atoms with van der Waals surface area (Å²) in [7, 11) is 1.70. The van der Waals surface area contributed by atoms with Gasteiger partial charge >= 0.3 is 0 Å². The highest BCUT2D eigenvalue weighted by atomic mass is 32.2. The van der Waals surface area contributed by atoms with Crippen LogP contribution in [0.15, 0.2) is 12.4 Å². The van der Waals surface area contributed by atoms with Gasteiger partial charge in [-0.25, -0.2) is 5.14 Å². The molecule has 0 saturated carbocycles. The molecule has 7 nitrogen and oxygen atoms in total. The van der Waals surface area contributed by atoms with Crippen LogP contribution in [0, 0.1) is 0 Å². The van der Waals surface area contributed by atoms with E-state index in [0.29, 0.717) is 18.8 Å². The van der Waals surface area contributed by atoms with Crippen molar-refractivity contribution in [2.24, 2.45) is 12.2 Å². The SMILES string of the molecule is CN(C)CCN(c1cnn(C)c1)S(N)(=O)=O. The fraction of sp³-hybridized carbons (Fsp3) is 0.625. The summed E-state index contributed by atoms with van der Waals surface area (Å²) in [6, 6.07) is 0. The van der Waals surface area contributed by atoms with E-state index < -0.39 is 10.2 Å². The smallest absolute Gasteiger partial charge is 0.299 e. The Morgan fingerprint density at radius 2 is 2.06 bits per heavy atom. The van der Waals surface area contributed by atoms with Crippen LogP contribution in [0.2, 0.25) is 0 Å². The molecule has 0 amide bonds. The molecule has 0 aliphatic rings. The quantitative estimate of drug-likeness (QED) is 0.722. The monoisotopic (exact) mass is 247 g/mol. The fourth-order valence-electron chi connectivity index (χ4n) is 1.23. The predicted molar refractivity (Wildman–Crippen MR) is 62.2 cm³/mol. The Morgan fingerprint density at radius 1 is 1.44 bits per heavy atom. The highest BCUT2D eigenvalue weighted by Crippen LogP contribution is 2.14. The van der Waals surface area contributed by atoms with E-state index in [1.807, 2.05) is 19.0 Å². The van der Waals surface area contributed by atoms with E-state index in [0.717, 1.165) is 4.31 Å². The number of aromatic nitrogens is 2. The lowest BCUT2D eigenvalue weighted by Crippen LogP contribution is -2.40. The van der Waals surface area contributed by atoms with E-state index in [-0.39, 0.29) is 0 Å². The van der Waals surface area contributed by atoms with Gasteiger partial charge in [-0.2, -0.15) is 13.5 Å². The summed E-state index contributed by atoms with van der Waals surface area (Å²) in [6.45, 7) is 0.892. The molecule has 1 aromatic heterocycles. The van der Waals surface area contributed by atoms with Crippen LogP contribution in [0.3, 0.4) is 0 Å². The molecular formula is C8H17N5O2S. The molecule has 2 N–H and O–H groups in total. The van der Waals surface area contributed by atoms with Gasteiger partial charge in [0.2, 0.25) is 0 Å². The standard InChI is InChI=1S/C8H17N5O2S/c1-11(2)4-5-13(16(9,14)15)8-6-10-12(3)7-8/h6-7H,4-5H2,1-3H3,(H2,9,14,15). The Hall–Kier alpha value is -1.12. The van der Waals surface area contributed by atoms with Gasteiger partial charge in [0, 0.05) is 26.3 Å². The number of likely N-dealkylation sites (N-methyl/N-ethyl adjacent to an activating group) is 1. The predicted octanol–water partition coefficient (Wildman–Crippen LogP) is -1.01. The number of anilines is 1. The zero-order valence-corrected chi connectivity index (χ0v) is 10.5. The van der Waals surface area contributed by atoms with Crippen molar-refractivity contribution in [1.29, 1.82) is 0 Å². The lowest BCUT2D eigenvalue weighted by Gasteiger charge is -2.21. The summed E-state index contributed by atoms with van der Waals surface area (Å²) < 4.78 is 25.5. The fourth-order valence-corrected chi connectivity index (χ4v) is 1.96. The first-order chi connectivity index (χ1) is 7.30. The third kappa shape index (κ3) is 3.47. The zero-order valence-electron chi connectivity index (χ0n) is 9.66. The lowest BCUT2D eigenvalue weighted by atomic mass is 10.5. The molecule has 16 heavy (non-hydrogen) atoms. The van der Waals surface area contributed by atoms with Crippen LogP contribution >= 0.6 is 0 Å². The van der Waals surface area contributed by atoms with Crippen LogP contribution in [0.5, 0.6) is 0 Å². The molecule has 0 bridgehead atoms. The van der Waals surface area contributed by atoms with E-state index >= 15 is 0 Å². The van der Waals surface area contributed by atoms with E-state index in [2.05, 4.69) is 5.10 Å². The molecule has 0 spiro atoms. The van der Waals surface area contributed by atoms with Gasteiger partial charge in [-0.05, 0) is 14.1 Å². The van der Waals surface area contributed by atoms with Gasteiger partial charge in [0.25, 0.3) is 10.2 Å². The minimum Gasteiger partial charge on any atom is -0.308 e. The maximum absolute atomic E-state index is 11.4. The number of aryl methyl sites for hydroxylation is 1. The summed E-state index contributed by atoms with van der Waals surface area (Å²) in [4.78, 5) is 1.88. The third-order valence-electron chi connectivity index (χ3n) is 2.04. The molecule has 0 radical (unpaired) electrons. The van der Waals surface area contributed by atoms with E-state index in [1.165, 1.54) is 10.9 Å². The van der Waals surface area contributed by atoms with Crippen molar-refractivity contribution in [1.82, 2.24) is 14.7 Å². The first-order valence-corrected chi connectivity index (χ1v) is 6.25. The van der Waals surface area contributed by atoms with Gasteiger partial charge in [0.05, 0.1) is 11.9 Å². The highest BCUT2D eigenvalue weighted by Gasteiger charge is 2.19. The molecule has 0 aromatic carbocycles. The minimum atomic E-state index is -3.75. The van der Waals surface area contributed by atoms with Gasteiger partial charge in [0.1, 0.15) is 0 Å². The van der Waals surface area contributed by atoms with Crippen LogP contribution in [-0.4, -0.2) is 50.3 Å². The van der Waals surface area contributed by atoms with Crippen molar-refractivity contribution >= 4 is 15.9 Å². The molecule has 0 saturated heterocycles. The first-order valence-electron chi connectivity index (χ1n) is 4.74. The normalized spacial score (nSPS) is 12.1. The van der Waals surface area contributed by atoms with Gasteiger partial charge < -0.3 is 4.90 Å². The molecule has 0 aliphatic carbocycles. The Balaban J connectivity index is 2.89. The average Bonchev–Trinajstić information content (AvgIpc) is 2.49. The van der Waals surface area contributed by atoms with Gasteiger partial charge in [-0.15, -0.1) is 0 Å². The van der Waals surface area contributed by atoms with Crippen molar-refractivity contribution in [2.75, 3.05) is 31.5 Å². The van der Waals surface area contributed by atoms with Crippen LogP contribution in [0.4, 0.5) is 5.69 Å². The second-order valence-corrected chi connectivity index (χ2v) is 5.26. The van der Waals surface area contributed by atoms with Crippen LogP contribution in [0.25, 0.3) is 0 Å². The second-order valence-electron chi connectivity index (χ2n) is 3.79. The van der Waals surface area contributed by atoms with Crippen LogP contribution in [0.1, 0.15) is 0 Å². The topological polar surface area (TPSA) is 84.5 Å². The first kappa shape index (κ1) is 12.9. The Labute approximate surface area is 95.6 Å².